The zero-order chi connectivity index (χ0) is 47.0. The summed E-state index contributed by atoms with van der Waals surface area (Å²) in [6.07, 6.45) is -0.678. The number of halogens is 1. The van der Waals surface area contributed by atoms with Gasteiger partial charge in [-0.05, 0) is 113 Å². The summed E-state index contributed by atoms with van der Waals surface area (Å²) in [7, 11) is -4.81. The quantitative estimate of drug-likeness (QED) is 0.0958. The minimum absolute atomic E-state index is 0.0912. The SMILES string of the molecule is COc1ccc(CN(Cc2ccc(OC)cc2)S(=O)(=O)c2c(S(=O)(=O)C3CN(C(=O)OC(C)(C)C)C3)ccc(-c3cccc4sc(Br)nc34)c2-c2nnn(Cc3ccc(OC)cc3)n2)cc1. The van der Waals surface area contributed by atoms with E-state index in [4.69, 9.17) is 29.0 Å². The third kappa shape index (κ3) is 9.78. The van der Waals surface area contributed by atoms with Crippen LogP contribution >= 0.6 is 27.3 Å². The first-order valence-corrected chi connectivity index (χ1v) is 25.2. The Balaban J connectivity index is 1.37. The molecule has 20 heteroatoms. The molecule has 3 heterocycles. The molecule has 5 aromatic carbocycles. The molecule has 8 rings (SSSR count). The second-order valence-electron chi connectivity index (χ2n) is 16.4. The number of rotatable bonds is 15. The molecule has 16 nitrogen and oxygen atoms in total. The van der Waals surface area contributed by atoms with Crippen molar-refractivity contribution in [1.29, 1.82) is 0 Å². The molecular weight excluding hydrogens is 971 g/mol. The summed E-state index contributed by atoms with van der Waals surface area (Å²) in [6.45, 7) is 4.49. The number of ether oxygens (including phenoxy) is 4. The Hall–Kier alpha value is -5.93. The van der Waals surface area contributed by atoms with Gasteiger partial charge in [0.05, 0.1) is 48.5 Å². The second-order valence-corrected chi connectivity index (χ2v) is 22.8. The number of tetrazole rings is 1. The number of benzene rings is 5. The van der Waals surface area contributed by atoms with Crippen LogP contribution in [0.1, 0.15) is 37.5 Å². The predicted octanol–water partition coefficient (Wildman–Crippen LogP) is 8.24. The van der Waals surface area contributed by atoms with Crippen molar-refractivity contribution < 1.29 is 40.6 Å². The molecule has 1 saturated heterocycles. The topological polar surface area (TPSA) is 185 Å². The maximum absolute atomic E-state index is 16.1. The molecule has 7 aromatic rings. The summed E-state index contributed by atoms with van der Waals surface area (Å²) in [5.74, 6) is 1.65. The largest absolute Gasteiger partial charge is 0.497 e. The van der Waals surface area contributed by atoms with E-state index in [0.717, 1.165) is 10.3 Å². The number of sulfonamides is 1. The number of hydrogen-bond donors (Lipinski definition) is 0. The van der Waals surface area contributed by atoms with E-state index < -0.39 is 46.6 Å². The van der Waals surface area contributed by atoms with Gasteiger partial charge in [0, 0.05) is 31.7 Å². The van der Waals surface area contributed by atoms with Gasteiger partial charge in [-0.1, -0.05) is 54.6 Å². The molecule has 1 aliphatic heterocycles. The van der Waals surface area contributed by atoms with Crippen LogP contribution < -0.4 is 14.2 Å². The Morgan fingerprint density at radius 3 is 1.88 bits per heavy atom. The van der Waals surface area contributed by atoms with Crippen molar-refractivity contribution in [1.82, 2.24) is 34.4 Å². The average Bonchev–Trinajstić information content (AvgIpc) is 3.90. The van der Waals surface area contributed by atoms with Crippen LogP contribution in [-0.4, -0.2) is 103 Å². The van der Waals surface area contributed by atoms with Crippen molar-refractivity contribution in [3.8, 4) is 39.8 Å². The van der Waals surface area contributed by atoms with Crippen LogP contribution in [0.15, 0.2) is 117 Å². The van der Waals surface area contributed by atoms with E-state index in [1.54, 1.807) is 101 Å². The predicted molar refractivity (Wildman–Crippen MR) is 253 cm³/mol. The second kappa shape index (κ2) is 18.8. The molecule has 0 spiro atoms. The summed E-state index contributed by atoms with van der Waals surface area (Å²) >= 11 is 4.90. The first-order valence-electron chi connectivity index (χ1n) is 20.6. The van der Waals surface area contributed by atoms with Gasteiger partial charge >= 0.3 is 6.09 Å². The zero-order valence-electron chi connectivity index (χ0n) is 36.8. The van der Waals surface area contributed by atoms with E-state index in [-0.39, 0.29) is 44.1 Å². The summed E-state index contributed by atoms with van der Waals surface area (Å²) in [4.78, 5) is 19.4. The number of carbonyl (C=O) groups excluding carboxylic acids is 1. The van der Waals surface area contributed by atoms with Gasteiger partial charge in [0.2, 0.25) is 15.8 Å². The minimum Gasteiger partial charge on any atom is -0.497 e. The molecule has 0 atom stereocenters. The van der Waals surface area contributed by atoms with Gasteiger partial charge in [-0.2, -0.15) is 9.10 Å². The highest BCUT2D eigenvalue weighted by atomic mass is 79.9. The molecule has 1 fully saturated rings. The van der Waals surface area contributed by atoms with Crippen molar-refractivity contribution >= 4 is 63.4 Å². The number of carbonyl (C=O) groups is 1. The molecule has 344 valence electrons. The van der Waals surface area contributed by atoms with Crippen LogP contribution in [0.5, 0.6) is 17.2 Å². The molecule has 1 amide bonds. The molecule has 2 aromatic heterocycles. The van der Waals surface area contributed by atoms with Crippen LogP contribution in [0, 0.1) is 0 Å². The number of nitrogens with zero attached hydrogens (tertiary/aromatic N) is 7. The lowest BCUT2D eigenvalue weighted by atomic mass is 9.98. The van der Waals surface area contributed by atoms with Gasteiger partial charge in [0.15, 0.2) is 13.8 Å². The summed E-state index contributed by atoms with van der Waals surface area (Å²) < 4.78 is 86.9. The maximum Gasteiger partial charge on any atom is 0.410 e. The standard InChI is InChI=1S/C46H46BrN7O9S3/c1-46(2,3)63-45(55)52-27-35(28-52)65(56,57)39-23-22-36(37-8-7-9-38-41(37)48-44(47)64-38)40(43-49-51-54(50-43)26-31-14-20-34(62-6)21-15-31)42(39)66(58,59)53(24-29-10-16-32(60-4)17-11-29)25-30-12-18-33(61-5)19-13-30/h7-23,35H,24-28H2,1-6H3. The minimum atomic E-state index is -4.90. The van der Waals surface area contributed by atoms with E-state index in [0.29, 0.717) is 48.9 Å². The van der Waals surface area contributed by atoms with Crippen molar-refractivity contribution in [2.24, 2.45) is 0 Å². The molecule has 1 aliphatic rings. The van der Waals surface area contributed by atoms with Gasteiger partial charge < -0.3 is 23.8 Å². The maximum atomic E-state index is 16.1. The highest BCUT2D eigenvalue weighted by Gasteiger charge is 2.46. The Labute approximate surface area is 395 Å². The monoisotopic (exact) mass is 1020 g/mol. The van der Waals surface area contributed by atoms with Crippen LogP contribution in [0.2, 0.25) is 0 Å². The number of likely N-dealkylation sites (tertiary alicyclic amines) is 1. The number of methoxy groups -OCH3 is 3. The van der Waals surface area contributed by atoms with Crippen molar-refractivity contribution in [2.75, 3.05) is 34.4 Å². The summed E-state index contributed by atoms with van der Waals surface area (Å²) in [5, 5.41) is 12.4. The van der Waals surface area contributed by atoms with Crippen molar-refractivity contribution in [3.05, 3.63) is 124 Å². The van der Waals surface area contributed by atoms with Gasteiger partial charge in [0.25, 0.3) is 0 Å². The van der Waals surface area contributed by atoms with E-state index >= 15 is 16.8 Å². The molecule has 0 saturated carbocycles. The molecule has 0 unspecified atom stereocenters. The molecule has 66 heavy (non-hydrogen) atoms. The lowest BCUT2D eigenvalue weighted by Crippen LogP contribution is -2.57. The van der Waals surface area contributed by atoms with Gasteiger partial charge in [0.1, 0.15) is 33.0 Å². The van der Waals surface area contributed by atoms with E-state index in [2.05, 4.69) is 26.2 Å². The number of aromatic nitrogens is 5. The normalized spacial score (nSPS) is 13.5. The van der Waals surface area contributed by atoms with Gasteiger partial charge in [-0.25, -0.2) is 26.6 Å². The zero-order valence-corrected chi connectivity index (χ0v) is 40.9. The summed E-state index contributed by atoms with van der Waals surface area (Å²) in [5.41, 5.74) is 2.44. The average molecular weight is 1020 g/mol. The fourth-order valence-electron chi connectivity index (χ4n) is 7.45. The lowest BCUT2D eigenvalue weighted by molar-refractivity contribution is 0.0139. The first kappa shape index (κ1) is 46.6. The van der Waals surface area contributed by atoms with Gasteiger partial charge in [-0.15, -0.1) is 21.5 Å². The number of amides is 1. The molecule has 0 radical (unpaired) electrons. The molecule has 0 aliphatic carbocycles. The number of sulfone groups is 1. The van der Waals surface area contributed by atoms with Crippen LogP contribution in [0.25, 0.3) is 32.7 Å². The Bertz CT molecular complexity index is 3070. The number of thiazole rings is 1. The fraction of sp³-hybridized carbons (Fsp3) is 0.283. The Morgan fingerprint density at radius 2 is 1.33 bits per heavy atom. The Morgan fingerprint density at radius 1 is 0.773 bits per heavy atom. The van der Waals surface area contributed by atoms with Crippen LogP contribution in [0.4, 0.5) is 4.79 Å². The van der Waals surface area contributed by atoms with E-state index in [1.165, 1.54) is 45.6 Å². The number of hydrogen-bond acceptors (Lipinski definition) is 14. The van der Waals surface area contributed by atoms with Crippen LogP contribution in [0.3, 0.4) is 0 Å². The smallest absolute Gasteiger partial charge is 0.410 e. The van der Waals surface area contributed by atoms with Crippen molar-refractivity contribution in [2.45, 2.75) is 61.0 Å². The number of fused-ring (bicyclic) bond motifs is 1. The third-order valence-corrected chi connectivity index (χ3v) is 16.5. The van der Waals surface area contributed by atoms with Crippen molar-refractivity contribution in [3.63, 3.8) is 0 Å². The molecule has 0 bridgehead atoms. The van der Waals surface area contributed by atoms with Gasteiger partial charge in [-0.3, -0.25) is 0 Å². The summed E-state index contributed by atoms with van der Waals surface area (Å²) in [6, 6.07) is 29.5. The first-order chi connectivity index (χ1) is 31.5. The third-order valence-electron chi connectivity index (χ3n) is 10.8. The number of para-hydroxylation sites is 1. The fourth-order valence-corrected chi connectivity index (χ4v) is 12.9. The van der Waals surface area contributed by atoms with E-state index in [1.807, 2.05) is 24.3 Å². The Kier molecular flexibility index (Phi) is 13.2. The van der Waals surface area contributed by atoms with Crippen LogP contribution in [-0.2, 0) is 44.2 Å². The highest BCUT2D eigenvalue weighted by molar-refractivity contribution is 9.11. The molecular formula is C46H46BrN7O9S3. The lowest BCUT2D eigenvalue weighted by Gasteiger charge is -2.39. The van der Waals surface area contributed by atoms with E-state index in [9.17, 15) is 4.79 Å². The molecule has 0 N–H and O–H groups in total. The highest BCUT2D eigenvalue weighted by Crippen LogP contribution is 2.45.